The Kier molecular flexibility index (Phi) is 21.1. The van der Waals surface area contributed by atoms with Crippen LogP contribution in [-0.2, 0) is 43.0 Å². The van der Waals surface area contributed by atoms with Crippen LogP contribution in [0.2, 0.25) is 0 Å². The summed E-state index contributed by atoms with van der Waals surface area (Å²) in [5, 5.41) is 24.0. The van der Waals surface area contributed by atoms with E-state index in [9.17, 15) is 28.8 Å². The van der Waals surface area contributed by atoms with Crippen molar-refractivity contribution in [2.24, 2.45) is 0 Å². The molecule has 0 rings (SSSR count). The first-order valence-electron chi connectivity index (χ1n) is 7.27. The summed E-state index contributed by atoms with van der Waals surface area (Å²) in [6.07, 6.45) is -0.790. The molecule has 0 amide bonds. The third-order valence-electron chi connectivity index (χ3n) is 1.86. The monoisotopic (exact) mass is 396 g/mol. The van der Waals surface area contributed by atoms with Crippen molar-refractivity contribution in [2.45, 2.75) is 40.0 Å². The molecule has 0 fully saturated rings. The second kappa shape index (κ2) is 19.6. The molecule has 156 valence electrons. The minimum Gasteiger partial charge on any atom is -0.438 e. The van der Waals surface area contributed by atoms with Gasteiger partial charge in [0, 0.05) is 0 Å². The van der Waals surface area contributed by atoms with Crippen LogP contribution in [0.1, 0.15) is 40.0 Å². The van der Waals surface area contributed by atoms with Crippen molar-refractivity contribution in [1.29, 1.82) is 0 Å². The van der Waals surface area contributed by atoms with Crippen LogP contribution in [0.3, 0.4) is 0 Å². The van der Waals surface area contributed by atoms with Gasteiger partial charge in [-0.15, -0.1) is 0 Å². The van der Waals surface area contributed by atoms with Crippen LogP contribution in [-0.4, -0.2) is 71.0 Å². The smallest absolute Gasteiger partial charge is 0.315 e. The number of carbonyl (C=O) groups excluding carboxylic acids is 6. The molecule has 0 saturated heterocycles. The van der Waals surface area contributed by atoms with Gasteiger partial charge in [0.05, 0.1) is 0 Å². The van der Waals surface area contributed by atoms with Crippen molar-refractivity contribution in [2.75, 3.05) is 20.4 Å². The van der Waals surface area contributed by atoms with Gasteiger partial charge in [0.2, 0.25) is 0 Å². The minimum absolute atomic E-state index is 0.263. The zero-order valence-corrected chi connectivity index (χ0v) is 15.3. The van der Waals surface area contributed by atoms with E-state index in [1.165, 1.54) is 20.8 Å². The number of rotatable bonds is 9. The minimum atomic E-state index is -0.690. The normalized spacial score (nSPS) is 8.67. The van der Waals surface area contributed by atoms with Crippen molar-refractivity contribution in [3.8, 4) is 0 Å². The lowest BCUT2D eigenvalue weighted by molar-refractivity contribution is -0.154. The zero-order valence-electron chi connectivity index (χ0n) is 15.3. The van der Waals surface area contributed by atoms with E-state index in [4.69, 9.17) is 15.3 Å². The Balaban J connectivity index is -0.000000320. The number of hydrogen-bond acceptors (Lipinski definition) is 12. The maximum atomic E-state index is 10.3. The largest absolute Gasteiger partial charge is 0.438 e. The fourth-order valence-corrected chi connectivity index (χ4v) is 0.979. The van der Waals surface area contributed by atoms with E-state index in [-0.39, 0.29) is 36.6 Å². The number of aliphatic hydroxyl groups excluding tert-OH is 3. The first-order valence-corrected chi connectivity index (χ1v) is 7.27. The molecule has 0 aliphatic rings. The first kappa shape index (κ1) is 29.1. The molecule has 0 aromatic heterocycles. The predicted octanol–water partition coefficient (Wildman–Crippen LogP) is -1.62. The third kappa shape index (κ3) is 31.6. The lowest BCUT2D eigenvalue weighted by atomic mass is 10.3. The predicted molar refractivity (Wildman–Crippen MR) is 85.4 cm³/mol. The molecule has 12 heteroatoms. The molecule has 0 heterocycles. The fraction of sp³-hybridized carbons (Fsp3) is 0.600. The number of ether oxygens (including phenoxy) is 3. The quantitative estimate of drug-likeness (QED) is 0.175. The number of ketones is 3. The van der Waals surface area contributed by atoms with Gasteiger partial charge in [0.15, 0.2) is 20.4 Å². The molecule has 0 atom stereocenters. The van der Waals surface area contributed by atoms with Crippen molar-refractivity contribution >= 4 is 35.3 Å². The van der Waals surface area contributed by atoms with Crippen LogP contribution in [0, 0.1) is 0 Å². The maximum absolute atomic E-state index is 10.3. The number of Topliss-reactive ketones (excluding diaryl/α,β-unsaturated/α-hetero) is 3. The van der Waals surface area contributed by atoms with Crippen molar-refractivity contribution in [1.82, 2.24) is 0 Å². The highest BCUT2D eigenvalue weighted by Crippen LogP contribution is 1.86. The highest BCUT2D eigenvalue weighted by molar-refractivity contribution is 5.94. The Bertz CT molecular complexity index is 426. The molecular formula is C15H24O12. The zero-order chi connectivity index (χ0) is 21.8. The molecule has 0 spiro atoms. The highest BCUT2D eigenvalue weighted by Gasteiger charge is 2.05. The maximum Gasteiger partial charge on any atom is 0.315 e. The summed E-state index contributed by atoms with van der Waals surface area (Å²) in [5.74, 6) is -2.88. The van der Waals surface area contributed by atoms with Crippen LogP contribution in [0.25, 0.3) is 0 Å². The molecular weight excluding hydrogens is 372 g/mol. The second-order valence-electron chi connectivity index (χ2n) is 4.57. The van der Waals surface area contributed by atoms with Gasteiger partial charge in [0.1, 0.15) is 36.6 Å². The van der Waals surface area contributed by atoms with Crippen molar-refractivity contribution in [3.63, 3.8) is 0 Å². The average Bonchev–Trinajstić information content (AvgIpc) is 2.46. The van der Waals surface area contributed by atoms with Crippen molar-refractivity contribution in [3.05, 3.63) is 0 Å². The van der Waals surface area contributed by atoms with E-state index in [1.54, 1.807) is 0 Å². The Morgan fingerprint density at radius 2 is 0.704 bits per heavy atom. The van der Waals surface area contributed by atoms with Crippen LogP contribution in [0.5, 0.6) is 0 Å². The topological polar surface area (TPSA) is 191 Å². The van der Waals surface area contributed by atoms with Gasteiger partial charge in [-0.3, -0.25) is 28.8 Å². The average molecular weight is 396 g/mol. The SMILES string of the molecule is CC(=O)CC(=O)OCO.CC(=O)CC(=O)OCO.CC(=O)CC(=O)OCO. The van der Waals surface area contributed by atoms with Crippen LogP contribution in [0.4, 0.5) is 0 Å². The summed E-state index contributed by atoms with van der Waals surface area (Å²) in [6.45, 7) is 1.85. The van der Waals surface area contributed by atoms with E-state index < -0.39 is 38.3 Å². The Hall–Kier alpha value is -2.70. The molecule has 0 aromatic carbocycles. The van der Waals surface area contributed by atoms with Crippen LogP contribution < -0.4 is 0 Å². The van der Waals surface area contributed by atoms with Gasteiger partial charge >= 0.3 is 17.9 Å². The van der Waals surface area contributed by atoms with Crippen molar-refractivity contribution < 1.29 is 58.3 Å². The molecule has 0 radical (unpaired) electrons. The summed E-state index contributed by atoms with van der Waals surface area (Å²) in [6, 6.07) is 0. The fourth-order valence-electron chi connectivity index (χ4n) is 0.979. The van der Waals surface area contributed by atoms with E-state index in [2.05, 4.69) is 14.2 Å². The van der Waals surface area contributed by atoms with Gasteiger partial charge in [-0.25, -0.2) is 0 Å². The lowest BCUT2D eigenvalue weighted by Gasteiger charge is -1.95. The summed E-state index contributed by atoms with van der Waals surface area (Å²) in [7, 11) is 0. The first-order chi connectivity index (χ1) is 12.5. The Morgan fingerprint density at radius 3 is 0.815 bits per heavy atom. The Labute approximate surface area is 155 Å². The van der Waals surface area contributed by atoms with Crippen LogP contribution >= 0.6 is 0 Å². The highest BCUT2D eigenvalue weighted by atomic mass is 16.6. The number of esters is 3. The van der Waals surface area contributed by atoms with Gasteiger partial charge < -0.3 is 29.5 Å². The third-order valence-corrected chi connectivity index (χ3v) is 1.86. The molecule has 0 aromatic rings. The van der Waals surface area contributed by atoms with E-state index >= 15 is 0 Å². The molecule has 0 aliphatic carbocycles. The van der Waals surface area contributed by atoms with Gasteiger partial charge in [0.25, 0.3) is 0 Å². The lowest BCUT2D eigenvalue weighted by Crippen LogP contribution is -2.08. The van der Waals surface area contributed by atoms with E-state index in [0.717, 1.165) is 0 Å². The summed E-state index contributed by atoms with van der Waals surface area (Å²) in [5.41, 5.74) is 0. The van der Waals surface area contributed by atoms with Crippen LogP contribution in [0.15, 0.2) is 0 Å². The number of aliphatic hydroxyl groups is 3. The molecule has 0 bridgehead atoms. The van der Waals surface area contributed by atoms with E-state index in [1.807, 2.05) is 0 Å². The molecule has 3 N–H and O–H groups in total. The van der Waals surface area contributed by atoms with E-state index in [0.29, 0.717) is 0 Å². The Morgan fingerprint density at radius 1 is 0.519 bits per heavy atom. The summed E-state index contributed by atoms with van der Waals surface area (Å²) in [4.78, 5) is 61.2. The van der Waals surface area contributed by atoms with Gasteiger partial charge in [-0.05, 0) is 20.8 Å². The number of hydrogen-bond donors (Lipinski definition) is 3. The standard InChI is InChI=1S/3C5H8O4/c3*1-4(7)2-5(8)9-3-6/h3*6H,2-3H2,1H3. The summed E-state index contributed by atoms with van der Waals surface area (Å²) >= 11 is 0. The number of carbonyl (C=O) groups is 6. The molecule has 12 nitrogen and oxygen atoms in total. The van der Waals surface area contributed by atoms with Gasteiger partial charge in [-0.1, -0.05) is 0 Å². The second-order valence-corrected chi connectivity index (χ2v) is 4.57. The molecule has 0 aliphatic heterocycles. The summed E-state index contributed by atoms with van der Waals surface area (Å²) < 4.78 is 12.1. The molecule has 0 unspecified atom stereocenters. The molecule has 27 heavy (non-hydrogen) atoms. The molecule has 0 saturated carbocycles. The van der Waals surface area contributed by atoms with Gasteiger partial charge in [-0.2, -0.15) is 0 Å².